The van der Waals surface area contributed by atoms with Crippen LogP contribution >= 0.6 is 0 Å². The average Bonchev–Trinajstić information content (AvgIpc) is 3.19. The van der Waals surface area contributed by atoms with Gasteiger partial charge in [-0.05, 0) is 44.2 Å². The molecule has 0 atom stereocenters. The maximum atomic E-state index is 13.6. The molecule has 3 aromatic rings. The molecule has 1 aromatic carbocycles. The highest BCUT2D eigenvalue weighted by atomic mass is 32.2. The van der Waals surface area contributed by atoms with Crippen molar-refractivity contribution in [3.63, 3.8) is 0 Å². The van der Waals surface area contributed by atoms with E-state index in [9.17, 15) is 17.2 Å². The van der Waals surface area contributed by atoms with Crippen molar-refractivity contribution < 1.29 is 21.6 Å². The molecule has 0 fully saturated rings. The molecule has 0 spiro atoms. The standard InChI is InChI=1S/C18H19F2N3O3S/c1-12-18(17-4-3-9-26-17)13(2)23(22-12)8-7-21-27(24,25)11-14-10-15(19)5-6-16(14)20/h3-6,9-10,21H,7-8,11H2,1-2H3. The molecule has 0 aliphatic carbocycles. The second-order valence-electron chi connectivity index (χ2n) is 6.14. The summed E-state index contributed by atoms with van der Waals surface area (Å²) in [5.41, 5.74) is 2.27. The Balaban J connectivity index is 1.66. The Labute approximate surface area is 155 Å². The number of aromatic nitrogens is 2. The molecule has 1 N–H and O–H groups in total. The van der Waals surface area contributed by atoms with Crippen molar-refractivity contribution in [2.24, 2.45) is 0 Å². The third-order valence-electron chi connectivity index (χ3n) is 4.15. The monoisotopic (exact) mass is 395 g/mol. The number of aryl methyl sites for hydroxylation is 1. The number of furan rings is 1. The van der Waals surface area contributed by atoms with Gasteiger partial charge >= 0.3 is 0 Å². The first kappa shape index (κ1) is 19.2. The van der Waals surface area contributed by atoms with Crippen LogP contribution in [0, 0.1) is 25.5 Å². The van der Waals surface area contributed by atoms with Crippen LogP contribution in [0.4, 0.5) is 8.78 Å². The zero-order valence-corrected chi connectivity index (χ0v) is 15.7. The molecule has 0 radical (unpaired) electrons. The Kier molecular flexibility index (Phi) is 5.43. The molecule has 0 saturated carbocycles. The second-order valence-corrected chi connectivity index (χ2v) is 7.94. The topological polar surface area (TPSA) is 77.1 Å². The number of nitrogens with zero attached hydrogens (tertiary/aromatic N) is 2. The molecule has 0 aliphatic heterocycles. The van der Waals surface area contributed by atoms with Gasteiger partial charge in [-0.3, -0.25) is 4.68 Å². The van der Waals surface area contributed by atoms with Crippen LogP contribution in [-0.2, 0) is 22.3 Å². The van der Waals surface area contributed by atoms with E-state index in [0.29, 0.717) is 5.76 Å². The first-order valence-electron chi connectivity index (χ1n) is 8.26. The second kappa shape index (κ2) is 7.61. The molecule has 9 heteroatoms. The van der Waals surface area contributed by atoms with Crippen LogP contribution in [0.2, 0.25) is 0 Å². The molecule has 6 nitrogen and oxygen atoms in total. The fourth-order valence-corrected chi connectivity index (χ4v) is 4.04. The van der Waals surface area contributed by atoms with E-state index < -0.39 is 27.4 Å². The molecule has 0 bridgehead atoms. The van der Waals surface area contributed by atoms with Gasteiger partial charge < -0.3 is 4.42 Å². The molecule has 27 heavy (non-hydrogen) atoms. The molecular formula is C18H19F2N3O3S. The van der Waals surface area contributed by atoms with Gasteiger partial charge in [0, 0.05) is 17.8 Å². The summed E-state index contributed by atoms with van der Waals surface area (Å²) in [5.74, 6) is -1.39. The van der Waals surface area contributed by atoms with E-state index in [1.165, 1.54) is 0 Å². The van der Waals surface area contributed by atoms with Gasteiger partial charge in [-0.2, -0.15) is 5.10 Å². The van der Waals surface area contributed by atoms with Crippen LogP contribution in [0.15, 0.2) is 41.0 Å². The molecular weight excluding hydrogens is 376 g/mol. The van der Waals surface area contributed by atoms with Crippen LogP contribution in [0.3, 0.4) is 0 Å². The summed E-state index contributed by atoms with van der Waals surface area (Å²) < 4.78 is 60.6. The lowest BCUT2D eigenvalue weighted by molar-refractivity contribution is 0.549. The summed E-state index contributed by atoms with van der Waals surface area (Å²) in [7, 11) is -3.82. The highest BCUT2D eigenvalue weighted by molar-refractivity contribution is 7.88. The Morgan fingerprint density at radius 3 is 2.70 bits per heavy atom. The fraction of sp³-hybridized carbons (Fsp3) is 0.278. The van der Waals surface area contributed by atoms with Gasteiger partial charge in [-0.25, -0.2) is 21.9 Å². The molecule has 0 amide bonds. The summed E-state index contributed by atoms with van der Waals surface area (Å²) in [4.78, 5) is 0. The maximum absolute atomic E-state index is 13.6. The largest absolute Gasteiger partial charge is 0.464 e. The number of sulfonamides is 1. The van der Waals surface area contributed by atoms with Crippen LogP contribution in [0.25, 0.3) is 11.3 Å². The summed E-state index contributed by atoms with van der Waals surface area (Å²) in [6.07, 6.45) is 1.57. The maximum Gasteiger partial charge on any atom is 0.215 e. The smallest absolute Gasteiger partial charge is 0.215 e. The number of halogens is 2. The molecule has 2 aromatic heterocycles. The minimum atomic E-state index is -3.82. The first-order valence-corrected chi connectivity index (χ1v) is 9.91. The van der Waals surface area contributed by atoms with Gasteiger partial charge in [-0.1, -0.05) is 0 Å². The Bertz CT molecular complexity index is 1040. The number of benzene rings is 1. The van der Waals surface area contributed by atoms with Crippen LogP contribution < -0.4 is 4.72 Å². The first-order chi connectivity index (χ1) is 12.8. The molecule has 0 saturated heterocycles. The van der Waals surface area contributed by atoms with E-state index in [1.54, 1.807) is 17.0 Å². The number of hydrogen-bond donors (Lipinski definition) is 1. The highest BCUT2D eigenvalue weighted by Crippen LogP contribution is 2.27. The van der Waals surface area contributed by atoms with Crippen molar-refractivity contribution in [2.45, 2.75) is 26.1 Å². The fourth-order valence-electron chi connectivity index (χ4n) is 2.91. The average molecular weight is 395 g/mol. The normalized spacial score (nSPS) is 11.9. The summed E-state index contributed by atoms with van der Waals surface area (Å²) in [5, 5.41) is 4.41. The lowest BCUT2D eigenvalue weighted by atomic mass is 10.1. The Hall–Kier alpha value is -2.52. The van der Waals surface area contributed by atoms with Crippen LogP contribution in [0.5, 0.6) is 0 Å². The van der Waals surface area contributed by atoms with E-state index in [1.807, 2.05) is 19.9 Å². The predicted molar refractivity (Wildman–Crippen MR) is 96.4 cm³/mol. The van der Waals surface area contributed by atoms with Crippen molar-refractivity contribution >= 4 is 10.0 Å². The molecule has 3 rings (SSSR count). The summed E-state index contributed by atoms with van der Waals surface area (Å²) in [6.45, 7) is 4.07. The summed E-state index contributed by atoms with van der Waals surface area (Å²) in [6, 6.07) is 6.35. The van der Waals surface area contributed by atoms with E-state index in [-0.39, 0.29) is 18.7 Å². The van der Waals surface area contributed by atoms with Crippen molar-refractivity contribution in [3.8, 4) is 11.3 Å². The van der Waals surface area contributed by atoms with Gasteiger partial charge in [0.2, 0.25) is 10.0 Å². The number of hydrogen-bond acceptors (Lipinski definition) is 4. The molecule has 0 aliphatic rings. The zero-order valence-electron chi connectivity index (χ0n) is 14.9. The SMILES string of the molecule is Cc1nn(CCNS(=O)(=O)Cc2cc(F)ccc2F)c(C)c1-c1ccco1. The van der Waals surface area contributed by atoms with Crippen molar-refractivity contribution in [1.29, 1.82) is 0 Å². The van der Waals surface area contributed by atoms with Crippen molar-refractivity contribution in [1.82, 2.24) is 14.5 Å². The predicted octanol–water partition coefficient (Wildman–Crippen LogP) is 3.16. The Morgan fingerprint density at radius 2 is 2.00 bits per heavy atom. The summed E-state index contributed by atoms with van der Waals surface area (Å²) >= 11 is 0. The van der Waals surface area contributed by atoms with Gasteiger partial charge in [0.05, 0.1) is 29.8 Å². The van der Waals surface area contributed by atoms with Crippen molar-refractivity contribution in [2.75, 3.05) is 6.54 Å². The number of nitrogens with one attached hydrogen (secondary N) is 1. The molecule has 0 unspecified atom stereocenters. The van der Waals surface area contributed by atoms with Gasteiger partial charge in [0.25, 0.3) is 0 Å². The van der Waals surface area contributed by atoms with E-state index >= 15 is 0 Å². The Morgan fingerprint density at radius 1 is 1.22 bits per heavy atom. The van der Waals surface area contributed by atoms with Crippen LogP contribution in [-0.4, -0.2) is 24.7 Å². The quantitative estimate of drug-likeness (QED) is 0.667. The van der Waals surface area contributed by atoms with Gasteiger partial charge in [0.1, 0.15) is 17.4 Å². The lowest BCUT2D eigenvalue weighted by Gasteiger charge is -2.09. The third kappa shape index (κ3) is 4.42. The van der Waals surface area contributed by atoms with Crippen LogP contribution in [0.1, 0.15) is 17.0 Å². The molecule has 144 valence electrons. The third-order valence-corrected chi connectivity index (χ3v) is 5.48. The highest BCUT2D eigenvalue weighted by Gasteiger charge is 2.18. The molecule has 2 heterocycles. The van der Waals surface area contributed by atoms with E-state index in [2.05, 4.69) is 9.82 Å². The van der Waals surface area contributed by atoms with Gasteiger partial charge in [-0.15, -0.1) is 0 Å². The minimum absolute atomic E-state index is 0.0683. The number of rotatable bonds is 7. The van der Waals surface area contributed by atoms with E-state index in [4.69, 9.17) is 4.42 Å². The minimum Gasteiger partial charge on any atom is -0.464 e. The van der Waals surface area contributed by atoms with Crippen molar-refractivity contribution in [3.05, 3.63) is 65.2 Å². The lowest BCUT2D eigenvalue weighted by Crippen LogP contribution is -2.29. The zero-order chi connectivity index (χ0) is 19.6. The van der Waals surface area contributed by atoms with Gasteiger partial charge in [0.15, 0.2) is 0 Å². The van der Waals surface area contributed by atoms with E-state index in [0.717, 1.165) is 35.2 Å².